The standard InChI is InChI=1S/C26H28N4O/c1-3-18-8-14-22(15-9-18)24-23(21-12-10-19(16-27)11-13-21)29-25(26(31)30(24)2)28-17-20-6-4-5-7-20/h8-15,20H,3-7,17H2,1-2H3,(H,28,29). The third-order valence-electron chi connectivity index (χ3n) is 6.25. The van der Waals surface area contributed by atoms with E-state index < -0.39 is 0 Å². The minimum Gasteiger partial charge on any atom is -0.365 e. The number of aromatic nitrogens is 2. The molecule has 1 aliphatic carbocycles. The van der Waals surface area contributed by atoms with Crippen LogP contribution in [0.3, 0.4) is 0 Å². The number of nitriles is 1. The van der Waals surface area contributed by atoms with E-state index in [1.807, 2.05) is 24.3 Å². The van der Waals surface area contributed by atoms with Crippen LogP contribution < -0.4 is 10.9 Å². The summed E-state index contributed by atoms with van der Waals surface area (Å²) in [6.45, 7) is 2.90. The Labute approximate surface area is 183 Å². The van der Waals surface area contributed by atoms with Crippen LogP contribution in [0.5, 0.6) is 0 Å². The average Bonchev–Trinajstić information content (AvgIpc) is 3.34. The van der Waals surface area contributed by atoms with Gasteiger partial charge in [-0.2, -0.15) is 5.26 Å². The second-order valence-electron chi connectivity index (χ2n) is 8.29. The molecule has 5 nitrogen and oxygen atoms in total. The van der Waals surface area contributed by atoms with Crippen LogP contribution in [0.25, 0.3) is 22.5 Å². The normalized spacial score (nSPS) is 13.8. The van der Waals surface area contributed by atoms with Crippen LogP contribution in [0.15, 0.2) is 53.3 Å². The highest BCUT2D eigenvalue weighted by atomic mass is 16.1. The lowest BCUT2D eigenvalue weighted by atomic mass is 10.0. The monoisotopic (exact) mass is 412 g/mol. The third-order valence-corrected chi connectivity index (χ3v) is 6.25. The van der Waals surface area contributed by atoms with Crippen molar-refractivity contribution in [3.63, 3.8) is 0 Å². The number of hydrogen-bond acceptors (Lipinski definition) is 4. The highest BCUT2D eigenvalue weighted by molar-refractivity contribution is 5.79. The molecule has 5 heteroatoms. The van der Waals surface area contributed by atoms with E-state index in [4.69, 9.17) is 10.2 Å². The van der Waals surface area contributed by atoms with E-state index in [-0.39, 0.29) is 5.56 Å². The maximum absolute atomic E-state index is 13.2. The van der Waals surface area contributed by atoms with Gasteiger partial charge in [0.1, 0.15) is 0 Å². The molecular formula is C26H28N4O. The van der Waals surface area contributed by atoms with Crippen molar-refractivity contribution in [3.05, 3.63) is 70.0 Å². The number of nitrogens with zero attached hydrogens (tertiary/aromatic N) is 3. The Kier molecular flexibility index (Phi) is 6.18. The highest BCUT2D eigenvalue weighted by Crippen LogP contribution is 2.31. The lowest BCUT2D eigenvalue weighted by Gasteiger charge is -2.18. The molecule has 0 spiro atoms. The maximum atomic E-state index is 13.2. The molecule has 0 aliphatic heterocycles. The lowest BCUT2D eigenvalue weighted by molar-refractivity contribution is 0.578. The molecular weight excluding hydrogens is 384 g/mol. The second-order valence-corrected chi connectivity index (χ2v) is 8.29. The van der Waals surface area contributed by atoms with Crippen LogP contribution in [-0.2, 0) is 13.5 Å². The fourth-order valence-corrected chi connectivity index (χ4v) is 4.34. The van der Waals surface area contributed by atoms with Gasteiger partial charge in [0.2, 0.25) is 0 Å². The molecule has 1 heterocycles. The molecule has 3 aromatic rings. The first kappa shape index (κ1) is 20.9. The summed E-state index contributed by atoms with van der Waals surface area (Å²) in [4.78, 5) is 18.0. The highest BCUT2D eigenvalue weighted by Gasteiger charge is 2.20. The largest absolute Gasteiger partial charge is 0.365 e. The Balaban J connectivity index is 1.82. The zero-order valence-corrected chi connectivity index (χ0v) is 18.2. The van der Waals surface area contributed by atoms with Crippen molar-refractivity contribution in [2.45, 2.75) is 39.0 Å². The SMILES string of the molecule is CCc1ccc(-c2c(-c3ccc(C#N)cc3)nc(NCC3CCCC3)c(=O)n2C)cc1. The van der Waals surface area contributed by atoms with Crippen molar-refractivity contribution in [3.8, 4) is 28.6 Å². The molecule has 0 radical (unpaired) electrons. The summed E-state index contributed by atoms with van der Waals surface area (Å²) >= 11 is 0. The third kappa shape index (κ3) is 4.39. The van der Waals surface area contributed by atoms with Crippen molar-refractivity contribution in [1.82, 2.24) is 9.55 Å². The van der Waals surface area contributed by atoms with Gasteiger partial charge in [-0.25, -0.2) is 4.98 Å². The molecule has 2 aromatic carbocycles. The molecule has 1 saturated carbocycles. The predicted molar refractivity (Wildman–Crippen MR) is 125 cm³/mol. The van der Waals surface area contributed by atoms with E-state index in [1.54, 1.807) is 23.7 Å². The van der Waals surface area contributed by atoms with Gasteiger partial charge in [0.25, 0.3) is 5.56 Å². The van der Waals surface area contributed by atoms with Crippen molar-refractivity contribution in [1.29, 1.82) is 5.26 Å². The van der Waals surface area contributed by atoms with Crippen LogP contribution in [0.2, 0.25) is 0 Å². The number of anilines is 1. The van der Waals surface area contributed by atoms with Crippen molar-refractivity contribution < 1.29 is 0 Å². The van der Waals surface area contributed by atoms with Crippen LogP contribution in [0.1, 0.15) is 43.7 Å². The second kappa shape index (κ2) is 9.18. The first-order valence-electron chi connectivity index (χ1n) is 11.1. The summed E-state index contributed by atoms with van der Waals surface area (Å²) in [5, 5.41) is 12.5. The minimum absolute atomic E-state index is 0.120. The van der Waals surface area contributed by atoms with Crippen molar-refractivity contribution in [2.24, 2.45) is 13.0 Å². The van der Waals surface area contributed by atoms with E-state index in [0.29, 0.717) is 17.3 Å². The van der Waals surface area contributed by atoms with Crippen molar-refractivity contribution in [2.75, 3.05) is 11.9 Å². The lowest BCUT2D eigenvalue weighted by Crippen LogP contribution is -2.27. The summed E-state index contributed by atoms with van der Waals surface area (Å²) in [5.74, 6) is 0.994. The molecule has 0 saturated heterocycles. The molecule has 1 aromatic heterocycles. The number of aryl methyl sites for hydroxylation is 1. The molecule has 0 unspecified atom stereocenters. The van der Waals surface area contributed by atoms with E-state index in [0.717, 1.165) is 35.5 Å². The molecule has 0 amide bonds. The van der Waals surface area contributed by atoms with Gasteiger partial charge in [-0.3, -0.25) is 4.79 Å². The fourth-order valence-electron chi connectivity index (χ4n) is 4.34. The first-order valence-corrected chi connectivity index (χ1v) is 11.1. The van der Waals surface area contributed by atoms with Gasteiger partial charge < -0.3 is 9.88 Å². The molecule has 0 bridgehead atoms. The predicted octanol–water partition coefficient (Wildman–Crippen LogP) is 5.15. The Morgan fingerprint density at radius 2 is 1.71 bits per heavy atom. The van der Waals surface area contributed by atoms with Gasteiger partial charge in [-0.05, 0) is 42.9 Å². The topological polar surface area (TPSA) is 70.7 Å². The molecule has 31 heavy (non-hydrogen) atoms. The number of nitrogens with one attached hydrogen (secondary N) is 1. The Bertz CT molecular complexity index is 1150. The smallest absolute Gasteiger partial charge is 0.293 e. The molecule has 158 valence electrons. The summed E-state index contributed by atoms with van der Waals surface area (Å²) < 4.78 is 1.69. The molecule has 4 rings (SSSR count). The van der Waals surface area contributed by atoms with Crippen molar-refractivity contribution >= 4 is 5.82 Å². The van der Waals surface area contributed by atoms with Crippen LogP contribution in [0.4, 0.5) is 5.82 Å². The Hall–Kier alpha value is -3.39. The zero-order chi connectivity index (χ0) is 21.8. The van der Waals surface area contributed by atoms with Gasteiger partial charge in [-0.1, -0.05) is 56.2 Å². The van der Waals surface area contributed by atoms with Crippen LogP contribution in [0, 0.1) is 17.2 Å². The van der Waals surface area contributed by atoms with Gasteiger partial charge in [0.15, 0.2) is 5.82 Å². The van der Waals surface area contributed by atoms with E-state index in [2.05, 4.69) is 30.4 Å². The van der Waals surface area contributed by atoms with Crippen LogP contribution in [-0.4, -0.2) is 16.1 Å². The maximum Gasteiger partial charge on any atom is 0.293 e. The number of rotatable bonds is 6. The van der Waals surface area contributed by atoms with Gasteiger partial charge in [0, 0.05) is 24.7 Å². The van der Waals surface area contributed by atoms with E-state index in [1.165, 1.54) is 31.2 Å². The first-order chi connectivity index (χ1) is 15.1. The van der Waals surface area contributed by atoms with Crippen LogP contribution >= 0.6 is 0 Å². The molecule has 1 N–H and O–H groups in total. The summed E-state index contributed by atoms with van der Waals surface area (Å²) in [7, 11) is 1.81. The van der Waals surface area contributed by atoms with Gasteiger partial charge >= 0.3 is 0 Å². The summed E-state index contributed by atoms with van der Waals surface area (Å²) in [5.41, 5.74) is 5.08. The Morgan fingerprint density at radius 1 is 1.06 bits per heavy atom. The molecule has 1 fully saturated rings. The molecule has 0 atom stereocenters. The molecule has 1 aliphatic rings. The van der Waals surface area contributed by atoms with E-state index in [9.17, 15) is 4.79 Å². The summed E-state index contributed by atoms with van der Waals surface area (Å²) in [6.07, 6.45) is 5.90. The number of hydrogen-bond donors (Lipinski definition) is 1. The average molecular weight is 413 g/mol. The zero-order valence-electron chi connectivity index (χ0n) is 18.2. The minimum atomic E-state index is -0.120. The number of benzene rings is 2. The Morgan fingerprint density at radius 3 is 2.32 bits per heavy atom. The summed E-state index contributed by atoms with van der Waals surface area (Å²) in [6, 6.07) is 17.8. The van der Waals surface area contributed by atoms with E-state index >= 15 is 0 Å². The van der Waals surface area contributed by atoms with Gasteiger partial charge in [-0.15, -0.1) is 0 Å². The van der Waals surface area contributed by atoms with Gasteiger partial charge in [0.05, 0.1) is 23.0 Å². The fraction of sp³-hybridized carbons (Fsp3) is 0.346. The quantitative estimate of drug-likeness (QED) is 0.608.